The third kappa shape index (κ3) is 6.52. The van der Waals surface area contributed by atoms with Crippen molar-refractivity contribution in [3.05, 3.63) is 37.0 Å². The van der Waals surface area contributed by atoms with Crippen molar-refractivity contribution < 1.29 is 29.0 Å². The summed E-state index contributed by atoms with van der Waals surface area (Å²) >= 11 is 0. The van der Waals surface area contributed by atoms with Crippen LogP contribution < -0.4 is 11.1 Å². The van der Waals surface area contributed by atoms with Gasteiger partial charge in [-0.3, -0.25) is 24.6 Å². The van der Waals surface area contributed by atoms with Gasteiger partial charge in [0.25, 0.3) is 5.91 Å². The average Bonchev–Trinajstić information content (AvgIpc) is 2.61. The summed E-state index contributed by atoms with van der Waals surface area (Å²) in [5.74, 6) is -1.82. The van der Waals surface area contributed by atoms with Crippen LogP contribution in [0.15, 0.2) is 37.0 Å². The summed E-state index contributed by atoms with van der Waals surface area (Å²) in [6.07, 6.45) is 2.75. The first kappa shape index (κ1) is 21.7. The Morgan fingerprint density at radius 2 is 2.15 bits per heavy atom. The van der Waals surface area contributed by atoms with Crippen LogP contribution in [0, 0.1) is 0 Å². The fourth-order valence-electron chi connectivity index (χ4n) is 2.24. The molecular formula is C17H25N3O6. The van der Waals surface area contributed by atoms with E-state index in [1.54, 1.807) is 0 Å². The molecule has 0 aromatic rings. The van der Waals surface area contributed by atoms with Crippen LogP contribution in [-0.4, -0.2) is 66.5 Å². The molecule has 0 aliphatic carbocycles. The van der Waals surface area contributed by atoms with Gasteiger partial charge in [0.1, 0.15) is 6.04 Å². The van der Waals surface area contributed by atoms with Crippen molar-refractivity contribution in [3.8, 4) is 0 Å². The Hall–Kier alpha value is -2.33. The molecule has 26 heavy (non-hydrogen) atoms. The molecule has 1 rings (SSSR count). The van der Waals surface area contributed by atoms with Crippen molar-refractivity contribution >= 4 is 17.7 Å². The second kappa shape index (κ2) is 11.3. The van der Waals surface area contributed by atoms with Crippen molar-refractivity contribution in [2.24, 2.45) is 5.73 Å². The molecule has 1 fully saturated rings. The monoisotopic (exact) mass is 367 g/mol. The second-order valence-electron chi connectivity index (χ2n) is 5.40. The summed E-state index contributed by atoms with van der Waals surface area (Å²) in [5.41, 5.74) is 5.32. The number of hydrogen-bond acceptors (Lipinski definition) is 7. The van der Waals surface area contributed by atoms with E-state index in [1.165, 1.54) is 18.2 Å². The van der Waals surface area contributed by atoms with Crippen molar-refractivity contribution in [2.45, 2.75) is 25.3 Å². The Kier molecular flexibility index (Phi) is 9.45. The maximum Gasteiger partial charge on any atom is 0.257 e. The maximum absolute atomic E-state index is 12.6. The van der Waals surface area contributed by atoms with Crippen molar-refractivity contribution in [3.63, 3.8) is 0 Å². The summed E-state index contributed by atoms with van der Waals surface area (Å²) in [6.45, 7) is 7.93. The molecule has 1 heterocycles. The highest BCUT2D eigenvalue weighted by molar-refractivity contribution is 6.04. The molecule has 1 aliphatic heterocycles. The Morgan fingerprint density at radius 3 is 2.77 bits per heavy atom. The molecule has 0 spiro atoms. The van der Waals surface area contributed by atoms with Gasteiger partial charge in [0.05, 0.1) is 19.8 Å². The molecule has 144 valence electrons. The minimum Gasteiger partial charge on any atom is -0.378 e. The summed E-state index contributed by atoms with van der Waals surface area (Å²) < 4.78 is 10.3. The van der Waals surface area contributed by atoms with Gasteiger partial charge in [-0.1, -0.05) is 31.4 Å². The fraction of sp³-hybridized carbons (Fsp3) is 0.471. The highest BCUT2D eigenvalue weighted by Gasteiger charge is 2.38. The molecule has 2 atom stereocenters. The number of ether oxygens (including phenoxy) is 2. The molecular weight excluding hydrogens is 342 g/mol. The zero-order valence-electron chi connectivity index (χ0n) is 14.6. The van der Waals surface area contributed by atoms with Crippen LogP contribution in [-0.2, 0) is 23.9 Å². The van der Waals surface area contributed by atoms with Crippen LogP contribution in [0.25, 0.3) is 0 Å². The SMILES string of the molecule is C=C/C=C\C(=C)C(=O)N(C(O)OCCOCCN)C1CCC(=O)NC1=O. The lowest BCUT2D eigenvalue weighted by molar-refractivity contribution is -0.212. The lowest BCUT2D eigenvalue weighted by Crippen LogP contribution is -2.58. The highest BCUT2D eigenvalue weighted by atomic mass is 16.6. The van der Waals surface area contributed by atoms with Gasteiger partial charge >= 0.3 is 0 Å². The van der Waals surface area contributed by atoms with E-state index in [1.807, 2.05) is 0 Å². The number of aliphatic hydroxyl groups is 1. The summed E-state index contributed by atoms with van der Waals surface area (Å²) in [4.78, 5) is 36.9. The van der Waals surface area contributed by atoms with Crippen LogP contribution >= 0.6 is 0 Å². The largest absolute Gasteiger partial charge is 0.378 e. The van der Waals surface area contributed by atoms with Gasteiger partial charge in [-0.05, 0) is 6.42 Å². The molecule has 9 heteroatoms. The van der Waals surface area contributed by atoms with Gasteiger partial charge in [-0.15, -0.1) is 0 Å². The van der Waals surface area contributed by atoms with Crippen LogP contribution in [0.4, 0.5) is 0 Å². The number of nitrogens with two attached hydrogens (primary N) is 1. The van der Waals surface area contributed by atoms with Crippen molar-refractivity contribution in [2.75, 3.05) is 26.4 Å². The Balaban J connectivity index is 2.86. The molecule has 0 aromatic carbocycles. The second-order valence-corrected chi connectivity index (χ2v) is 5.40. The minimum absolute atomic E-state index is 0.0206. The number of piperidine rings is 1. The zero-order chi connectivity index (χ0) is 19.5. The van der Waals surface area contributed by atoms with Crippen LogP contribution in [0.5, 0.6) is 0 Å². The fourth-order valence-corrected chi connectivity index (χ4v) is 2.24. The first-order valence-corrected chi connectivity index (χ1v) is 8.14. The smallest absolute Gasteiger partial charge is 0.257 e. The van der Waals surface area contributed by atoms with Crippen LogP contribution in [0.1, 0.15) is 12.8 Å². The summed E-state index contributed by atoms with van der Waals surface area (Å²) in [7, 11) is 0. The number of aliphatic hydroxyl groups excluding tert-OH is 1. The van der Waals surface area contributed by atoms with Gasteiger partial charge in [-0.2, -0.15) is 0 Å². The lowest BCUT2D eigenvalue weighted by Gasteiger charge is -2.35. The third-order valence-corrected chi connectivity index (χ3v) is 3.48. The van der Waals surface area contributed by atoms with E-state index in [2.05, 4.69) is 18.5 Å². The Labute approximate surface area is 152 Å². The standard InChI is InChI=1S/C17H25N3O6/c1-3-4-5-12(2)16(23)20(13-6-7-14(21)19-15(13)22)17(24)26-11-10-25-9-8-18/h3-5,13,17,24H,1-2,6-11,18H2,(H,19,21,22)/b5-4-. The topological polar surface area (TPSA) is 131 Å². The molecule has 0 radical (unpaired) electrons. The Bertz CT molecular complexity index is 575. The quantitative estimate of drug-likeness (QED) is 0.143. The number of hydrogen-bond donors (Lipinski definition) is 3. The Morgan fingerprint density at radius 1 is 1.42 bits per heavy atom. The third-order valence-electron chi connectivity index (χ3n) is 3.48. The molecule has 0 saturated carbocycles. The predicted molar refractivity (Wildman–Crippen MR) is 93.3 cm³/mol. The maximum atomic E-state index is 12.6. The van der Waals surface area contributed by atoms with E-state index in [0.717, 1.165) is 4.90 Å². The molecule has 0 bridgehead atoms. The number of allylic oxidation sites excluding steroid dienone is 2. The van der Waals surface area contributed by atoms with Gasteiger partial charge in [0.2, 0.25) is 18.2 Å². The first-order chi connectivity index (χ1) is 12.4. The van der Waals surface area contributed by atoms with Crippen molar-refractivity contribution in [1.29, 1.82) is 0 Å². The van der Waals surface area contributed by atoms with Crippen LogP contribution in [0.3, 0.4) is 0 Å². The first-order valence-electron chi connectivity index (χ1n) is 8.14. The van der Waals surface area contributed by atoms with Gasteiger partial charge < -0.3 is 20.3 Å². The summed E-state index contributed by atoms with van der Waals surface area (Å²) in [5, 5.41) is 12.4. The highest BCUT2D eigenvalue weighted by Crippen LogP contribution is 2.18. The zero-order valence-corrected chi connectivity index (χ0v) is 14.6. The van der Waals surface area contributed by atoms with Crippen molar-refractivity contribution in [1.82, 2.24) is 10.2 Å². The minimum atomic E-state index is -1.71. The number of rotatable bonds is 11. The van der Waals surface area contributed by atoms with E-state index in [-0.39, 0.29) is 31.6 Å². The van der Waals surface area contributed by atoms with E-state index < -0.39 is 30.2 Å². The van der Waals surface area contributed by atoms with Crippen LogP contribution in [0.2, 0.25) is 0 Å². The predicted octanol–water partition coefficient (Wildman–Crippen LogP) is -0.814. The molecule has 3 amide bonds. The van der Waals surface area contributed by atoms with Gasteiger partial charge in [0.15, 0.2) is 0 Å². The molecule has 4 N–H and O–H groups in total. The van der Waals surface area contributed by atoms with E-state index in [9.17, 15) is 19.5 Å². The number of carbonyl (C=O) groups is 3. The lowest BCUT2D eigenvalue weighted by atomic mass is 10.0. The van der Waals surface area contributed by atoms with E-state index >= 15 is 0 Å². The molecule has 1 saturated heterocycles. The number of amides is 3. The number of nitrogens with zero attached hydrogens (tertiary/aromatic N) is 1. The molecule has 1 aliphatic rings. The molecule has 9 nitrogen and oxygen atoms in total. The number of carbonyl (C=O) groups excluding carboxylic acids is 3. The molecule has 2 unspecified atom stereocenters. The van der Waals surface area contributed by atoms with E-state index in [4.69, 9.17) is 15.2 Å². The normalized spacial score (nSPS) is 18.5. The van der Waals surface area contributed by atoms with Gasteiger partial charge in [0, 0.05) is 18.5 Å². The summed E-state index contributed by atoms with van der Waals surface area (Å²) in [6, 6.07) is -1.06. The van der Waals surface area contributed by atoms with Gasteiger partial charge in [-0.25, -0.2) is 0 Å². The molecule has 0 aromatic heterocycles. The number of nitrogens with one attached hydrogen (secondary N) is 1. The average molecular weight is 367 g/mol. The van der Waals surface area contributed by atoms with E-state index in [0.29, 0.717) is 13.2 Å². The number of imide groups is 1.